The van der Waals surface area contributed by atoms with Crippen molar-refractivity contribution in [3.8, 4) is 5.69 Å². The summed E-state index contributed by atoms with van der Waals surface area (Å²) >= 11 is 0. The molecule has 0 saturated carbocycles. The second kappa shape index (κ2) is 7.11. The SMILES string of the molecule is O=C(C=Cc1c[nH]c2ncccc12)NCc1cccc(-n2cccc2)c1. The Morgan fingerprint density at radius 2 is 2.04 bits per heavy atom. The summed E-state index contributed by atoms with van der Waals surface area (Å²) in [6.07, 6.45) is 10.9. The van der Waals surface area contributed by atoms with Crippen LogP contribution >= 0.6 is 0 Å². The third-order valence-electron chi connectivity index (χ3n) is 4.18. The summed E-state index contributed by atoms with van der Waals surface area (Å²) in [5.41, 5.74) is 3.88. The molecule has 0 fully saturated rings. The van der Waals surface area contributed by atoms with Gasteiger partial charge in [-0.05, 0) is 48.0 Å². The van der Waals surface area contributed by atoms with Crippen molar-refractivity contribution < 1.29 is 4.79 Å². The lowest BCUT2D eigenvalue weighted by molar-refractivity contribution is -0.116. The first kappa shape index (κ1) is 15.9. The molecule has 2 N–H and O–H groups in total. The second-order valence-electron chi connectivity index (χ2n) is 5.95. The number of pyridine rings is 1. The molecule has 128 valence electrons. The number of rotatable bonds is 5. The molecule has 5 heteroatoms. The number of nitrogens with one attached hydrogen (secondary N) is 2. The molecule has 0 bridgehead atoms. The van der Waals surface area contributed by atoms with Gasteiger partial charge in [-0.3, -0.25) is 4.79 Å². The number of H-pyrrole nitrogens is 1. The van der Waals surface area contributed by atoms with E-state index in [1.54, 1.807) is 18.3 Å². The molecule has 5 nitrogen and oxygen atoms in total. The molecule has 0 saturated heterocycles. The van der Waals surface area contributed by atoms with Crippen molar-refractivity contribution in [1.29, 1.82) is 0 Å². The maximum absolute atomic E-state index is 12.1. The van der Waals surface area contributed by atoms with Crippen LogP contribution in [0.4, 0.5) is 0 Å². The molecule has 0 atom stereocenters. The number of fused-ring (bicyclic) bond motifs is 1. The summed E-state index contributed by atoms with van der Waals surface area (Å²) in [4.78, 5) is 19.5. The van der Waals surface area contributed by atoms with Crippen molar-refractivity contribution in [2.24, 2.45) is 0 Å². The molecule has 3 aromatic heterocycles. The van der Waals surface area contributed by atoms with Crippen LogP contribution in [0.2, 0.25) is 0 Å². The lowest BCUT2D eigenvalue weighted by Crippen LogP contribution is -2.20. The highest BCUT2D eigenvalue weighted by atomic mass is 16.1. The van der Waals surface area contributed by atoms with E-state index in [0.717, 1.165) is 27.8 Å². The standard InChI is InChI=1S/C21H18N4O/c26-20(9-8-17-15-24-21-19(17)7-4-10-22-21)23-14-16-5-3-6-18(13-16)25-11-1-2-12-25/h1-13,15H,14H2,(H,22,24)(H,23,26). The van der Waals surface area contributed by atoms with Crippen LogP contribution in [0.25, 0.3) is 22.8 Å². The number of amides is 1. The molecule has 4 rings (SSSR count). The number of aromatic amines is 1. The number of hydrogen-bond donors (Lipinski definition) is 2. The number of carbonyl (C=O) groups excluding carboxylic acids is 1. The minimum Gasteiger partial charge on any atom is -0.348 e. The number of benzene rings is 1. The third-order valence-corrected chi connectivity index (χ3v) is 4.18. The zero-order valence-corrected chi connectivity index (χ0v) is 14.1. The predicted octanol–water partition coefficient (Wildman–Crippen LogP) is 3.68. The van der Waals surface area contributed by atoms with E-state index in [1.807, 2.05) is 65.6 Å². The van der Waals surface area contributed by atoms with Crippen LogP contribution in [0.3, 0.4) is 0 Å². The fourth-order valence-corrected chi connectivity index (χ4v) is 2.86. The van der Waals surface area contributed by atoms with Gasteiger partial charge in [0.1, 0.15) is 5.65 Å². The average Bonchev–Trinajstić information content (AvgIpc) is 3.35. The van der Waals surface area contributed by atoms with Gasteiger partial charge in [0.25, 0.3) is 0 Å². The Hall–Kier alpha value is -3.60. The van der Waals surface area contributed by atoms with Crippen molar-refractivity contribution in [2.45, 2.75) is 6.54 Å². The molecular formula is C21H18N4O. The molecule has 0 radical (unpaired) electrons. The molecule has 3 heterocycles. The van der Waals surface area contributed by atoms with E-state index in [2.05, 4.69) is 21.4 Å². The normalized spacial score (nSPS) is 11.2. The molecule has 1 aromatic carbocycles. The Kier molecular flexibility index (Phi) is 4.35. The van der Waals surface area contributed by atoms with E-state index in [-0.39, 0.29) is 5.91 Å². The maximum atomic E-state index is 12.1. The van der Waals surface area contributed by atoms with Crippen molar-refractivity contribution >= 4 is 23.0 Å². The van der Waals surface area contributed by atoms with Crippen LogP contribution in [0.15, 0.2) is 79.4 Å². The van der Waals surface area contributed by atoms with Gasteiger partial charge in [0.05, 0.1) is 0 Å². The molecule has 4 aromatic rings. The highest BCUT2D eigenvalue weighted by Gasteiger charge is 2.02. The third kappa shape index (κ3) is 3.42. The van der Waals surface area contributed by atoms with Gasteiger partial charge >= 0.3 is 0 Å². The monoisotopic (exact) mass is 342 g/mol. The van der Waals surface area contributed by atoms with Gasteiger partial charge in [-0.15, -0.1) is 0 Å². The van der Waals surface area contributed by atoms with Gasteiger partial charge < -0.3 is 14.9 Å². The second-order valence-corrected chi connectivity index (χ2v) is 5.95. The van der Waals surface area contributed by atoms with Gasteiger partial charge in [-0.1, -0.05) is 12.1 Å². The molecule has 0 aliphatic carbocycles. The summed E-state index contributed by atoms with van der Waals surface area (Å²) in [6.45, 7) is 0.480. The van der Waals surface area contributed by atoms with Crippen LogP contribution in [-0.4, -0.2) is 20.4 Å². The van der Waals surface area contributed by atoms with Gasteiger partial charge in [0.2, 0.25) is 5.91 Å². The quantitative estimate of drug-likeness (QED) is 0.544. The minimum atomic E-state index is -0.130. The predicted molar refractivity (Wildman–Crippen MR) is 103 cm³/mol. The molecule has 0 unspecified atom stereocenters. The fraction of sp³-hybridized carbons (Fsp3) is 0.0476. The molecule has 1 amide bonds. The smallest absolute Gasteiger partial charge is 0.244 e. The van der Waals surface area contributed by atoms with Crippen LogP contribution < -0.4 is 5.32 Å². The minimum absolute atomic E-state index is 0.130. The molecule has 0 aliphatic rings. The maximum Gasteiger partial charge on any atom is 0.244 e. The molecule has 26 heavy (non-hydrogen) atoms. The number of hydrogen-bond acceptors (Lipinski definition) is 2. The Labute approximate surface area is 151 Å². The summed E-state index contributed by atoms with van der Waals surface area (Å²) in [5.74, 6) is -0.130. The van der Waals surface area contributed by atoms with Crippen molar-refractivity contribution in [1.82, 2.24) is 19.9 Å². The Balaban J connectivity index is 1.40. The lowest BCUT2D eigenvalue weighted by Gasteiger charge is -2.07. The molecule has 0 spiro atoms. The largest absolute Gasteiger partial charge is 0.348 e. The van der Waals surface area contributed by atoms with Crippen LogP contribution in [0, 0.1) is 0 Å². The first-order valence-electron chi connectivity index (χ1n) is 8.40. The number of aromatic nitrogens is 3. The lowest BCUT2D eigenvalue weighted by atomic mass is 10.2. The van der Waals surface area contributed by atoms with Crippen LogP contribution in [0.1, 0.15) is 11.1 Å². The number of nitrogens with zero attached hydrogens (tertiary/aromatic N) is 2. The summed E-state index contributed by atoms with van der Waals surface area (Å²) in [7, 11) is 0. The van der Waals surface area contributed by atoms with Gasteiger partial charge in [0, 0.05) is 54.0 Å². The van der Waals surface area contributed by atoms with Crippen LogP contribution in [-0.2, 0) is 11.3 Å². The zero-order valence-electron chi connectivity index (χ0n) is 14.1. The first-order chi connectivity index (χ1) is 12.8. The molecule has 0 aliphatic heterocycles. The van der Waals surface area contributed by atoms with E-state index in [0.29, 0.717) is 6.54 Å². The van der Waals surface area contributed by atoms with E-state index >= 15 is 0 Å². The number of carbonyl (C=O) groups is 1. The van der Waals surface area contributed by atoms with Crippen molar-refractivity contribution in [3.05, 3.63) is 90.5 Å². The van der Waals surface area contributed by atoms with Gasteiger partial charge in [-0.2, -0.15) is 0 Å². The highest BCUT2D eigenvalue weighted by Crippen LogP contribution is 2.16. The van der Waals surface area contributed by atoms with Gasteiger partial charge in [0.15, 0.2) is 0 Å². The topological polar surface area (TPSA) is 62.7 Å². The van der Waals surface area contributed by atoms with E-state index in [9.17, 15) is 4.79 Å². The highest BCUT2D eigenvalue weighted by molar-refractivity contribution is 5.95. The molecular weight excluding hydrogens is 324 g/mol. The zero-order chi connectivity index (χ0) is 17.8. The summed E-state index contributed by atoms with van der Waals surface area (Å²) in [6, 6.07) is 15.9. The summed E-state index contributed by atoms with van der Waals surface area (Å²) in [5, 5.41) is 3.92. The summed E-state index contributed by atoms with van der Waals surface area (Å²) < 4.78 is 2.04. The van der Waals surface area contributed by atoms with Crippen LogP contribution in [0.5, 0.6) is 0 Å². The van der Waals surface area contributed by atoms with Gasteiger partial charge in [-0.25, -0.2) is 4.98 Å². The Morgan fingerprint density at radius 1 is 1.15 bits per heavy atom. The Morgan fingerprint density at radius 3 is 2.92 bits per heavy atom. The fourth-order valence-electron chi connectivity index (χ4n) is 2.86. The van der Waals surface area contributed by atoms with Crippen molar-refractivity contribution in [3.63, 3.8) is 0 Å². The average molecular weight is 342 g/mol. The Bertz CT molecular complexity index is 1060. The van der Waals surface area contributed by atoms with Crippen molar-refractivity contribution in [2.75, 3.05) is 0 Å². The van der Waals surface area contributed by atoms with E-state index in [1.165, 1.54) is 0 Å². The van der Waals surface area contributed by atoms with E-state index < -0.39 is 0 Å². The first-order valence-corrected chi connectivity index (χ1v) is 8.40. The van der Waals surface area contributed by atoms with E-state index in [4.69, 9.17) is 0 Å².